The molecule has 2 aliphatic rings. The van der Waals surface area contributed by atoms with Crippen molar-refractivity contribution in [2.75, 3.05) is 4.31 Å². The van der Waals surface area contributed by atoms with E-state index in [9.17, 15) is 0 Å². The van der Waals surface area contributed by atoms with Gasteiger partial charge in [-0.15, -0.1) is 0 Å². The first kappa shape index (κ1) is 7.33. The summed E-state index contributed by atoms with van der Waals surface area (Å²) in [6, 6.07) is 9.02. The molecule has 0 radical (unpaired) electrons. The SMILES string of the molecule is NC1=CC2Cc3ccccc3N2S1. The first-order valence-electron chi connectivity index (χ1n) is 4.37. The van der Waals surface area contributed by atoms with Crippen LogP contribution in [0.5, 0.6) is 0 Å². The van der Waals surface area contributed by atoms with Gasteiger partial charge in [0.15, 0.2) is 0 Å². The monoisotopic (exact) mass is 190 g/mol. The van der Waals surface area contributed by atoms with Crippen LogP contribution in [0.25, 0.3) is 0 Å². The Balaban J connectivity index is 2.06. The molecule has 0 fully saturated rings. The summed E-state index contributed by atoms with van der Waals surface area (Å²) < 4.78 is 2.30. The van der Waals surface area contributed by atoms with E-state index in [1.807, 2.05) is 0 Å². The molecule has 3 heteroatoms. The summed E-state index contributed by atoms with van der Waals surface area (Å²) in [6.07, 6.45) is 3.24. The second-order valence-electron chi connectivity index (χ2n) is 3.39. The molecule has 0 bridgehead atoms. The number of rotatable bonds is 0. The van der Waals surface area contributed by atoms with Gasteiger partial charge >= 0.3 is 0 Å². The van der Waals surface area contributed by atoms with Crippen LogP contribution in [0.3, 0.4) is 0 Å². The van der Waals surface area contributed by atoms with Crippen molar-refractivity contribution >= 4 is 17.6 Å². The van der Waals surface area contributed by atoms with E-state index in [1.54, 1.807) is 11.9 Å². The molecule has 2 N–H and O–H groups in total. The molecule has 0 aromatic heterocycles. The summed E-state index contributed by atoms with van der Waals surface area (Å²) in [7, 11) is 0. The average molecular weight is 190 g/mol. The third-order valence-corrected chi connectivity index (χ3v) is 3.53. The van der Waals surface area contributed by atoms with E-state index in [0.717, 1.165) is 11.4 Å². The fourth-order valence-corrected chi connectivity index (χ4v) is 2.95. The van der Waals surface area contributed by atoms with E-state index in [1.165, 1.54) is 11.3 Å². The van der Waals surface area contributed by atoms with Gasteiger partial charge in [-0.05, 0) is 24.1 Å². The smallest absolute Gasteiger partial charge is 0.0848 e. The number of nitrogens with zero attached hydrogens (tertiary/aromatic N) is 1. The maximum atomic E-state index is 5.76. The van der Waals surface area contributed by atoms with Crippen molar-refractivity contribution in [3.05, 3.63) is 40.9 Å². The van der Waals surface area contributed by atoms with Gasteiger partial charge in [0.2, 0.25) is 0 Å². The van der Waals surface area contributed by atoms with Crippen LogP contribution in [-0.4, -0.2) is 6.04 Å². The zero-order valence-corrected chi connectivity index (χ0v) is 7.92. The Morgan fingerprint density at radius 3 is 3.15 bits per heavy atom. The Kier molecular flexibility index (Phi) is 1.38. The Morgan fingerprint density at radius 1 is 1.38 bits per heavy atom. The summed E-state index contributed by atoms with van der Waals surface area (Å²) in [6.45, 7) is 0. The van der Waals surface area contributed by atoms with Crippen molar-refractivity contribution in [1.29, 1.82) is 0 Å². The minimum absolute atomic E-state index is 0.488. The first-order valence-corrected chi connectivity index (χ1v) is 5.14. The fourth-order valence-electron chi connectivity index (χ4n) is 1.96. The Morgan fingerprint density at radius 2 is 2.23 bits per heavy atom. The van der Waals surface area contributed by atoms with Gasteiger partial charge in [0.1, 0.15) is 0 Å². The lowest BCUT2D eigenvalue weighted by atomic mass is 10.1. The molecule has 3 rings (SSSR count). The second kappa shape index (κ2) is 2.45. The van der Waals surface area contributed by atoms with Crippen molar-refractivity contribution in [3.63, 3.8) is 0 Å². The van der Waals surface area contributed by atoms with Gasteiger partial charge in [-0.25, -0.2) is 0 Å². The third kappa shape index (κ3) is 0.968. The predicted molar refractivity (Wildman–Crippen MR) is 56.3 cm³/mol. The molecule has 1 unspecified atom stereocenters. The van der Waals surface area contributed by atoms with Crippen molar-refractivity contribution in [1.82, 2.24) is 0 Å². The van der Waals surface area contributed by atoms with Crippen LogP contribution < -0.4 is 10.0 Å². The molecule has 1 aromatic rings. The highest BCUT2D eigenvalue weighted by molar-refractivity contribution is 8.04. The minimum atomic E-state index is 0.488. The van der Waals surface area contributed by atoms with Crippen LogP contribution in [0.4, 0.5) is 5.69 Å². The number of hydrogen-bond donors (Lipinski definition) is 1. The van der Waals surface area contributed by atoms with Crippen molar-refractivity contribution in [3.8, 4) is 0 Å². The van der Waals surface area contributed by atoms with E-state index in [4.69, 9.17) is 5.73 Å². The highest BCUT2D eigenvalue weighted by Crippen LogP contribution is 2.43. The van der Waals surface area contributed by atoms with Crippen LogP contribution >= 0.6 is 11.9 Å². The van der Waals surface area contributed by atoms with Crippen LogP contribution in [-0.2, 0) is 6.42 Å². The van der Waals surface area contributed by atoms with Gasteiger partial charge in [0.25, 0.3) is 0 Å². The zero-order valence-electron chi connectivity index (χ0n) is 7.10. The molecule has 0 aliphatic carbocycles. The number of para-hydroxylation sites is 1. The number of nitrogens with two attached hydrogens (primary N) is 1. The molecule has 0 spiro atoms. The second-order valence-corrected chi connectivity index (χ2v) is 4.43. The molecule has 2 heterocycles. The summed E-state index contributed by atoms with van der Waals surface area (Å²) in [5.74, 6) is 0. The Hall–Kier alpha value is -1.09. The lowest BCUT2D eigenvalue weighted by Gasteiger charge is -2.16. The maximum Gasteiger partial charge on any atom is 0.0848 e. The standard InChI is InChI=1S/C10H10N2S/c11-10-6-8-5-7-3-1-2-4-9(7)12(8)13-10/h1-4,6,8H,5,11H2. The van der Waals surface area contributed by atoms with Gasteiger partial charge in [0.05, 0.1) is 16.8 Å². The number of benzene rings is 1. The largest absolute Gasteiger partial charge is 0.392 e. The predicted octanol–water partition coefficient (Wildman–Crippen LogP) is 1.88. The van der Waals surface area contributed by atoms with Crippen LogP contribution in [0, 0.1) is 0 Å². The van der Waals surface area contributed by atoms with Gasteiger partial charge in [-0.1, -0.05) is 18.2 Å². The normalized spacial score (nSPS) is 24.2. The van der Waals surface area contributed by atoms with Crippen LogP contribution in [0.15, 0.2) is 35.4 Å². The minimum Gasteiger partial charge on any atom is -0.392 e. The third-order valence-electron chi connectivity index (χ3n) is 2.52. The Bertz CT molecular complexity index is 386. The number of fused-ring (bicyclic) bond motifs is 3. The summed E-state index contributed by atoms with van der Waals surface area (Å²) in [5.41, 5.74) is 8.53. The number of anilines is 1. The highest BCUT2D eigenvalue weighted by atomic mass is 32.2. The van der Waals surface area contributed by atoms with Crippen LogP contribution in [0.2, 0.25) is 0 Å². The Labute approximate surface area is 81.5 Å². The number of hydrogen-bond acceptors (Lipinski definition) is 3. The molecule has 0 saturated carbocycles. The van der Waals surface area contributed by atoms with Gasteiger partial charge in [-0.3, -0.25) is 0 Å². The summed E-state index contributed by atoms with van der Waals surface area (Å²) in [5, 5.41) is 0.930. The van der Waals surface area contributed by atoms with Crippen molar-refractivity contribution < 1.29 is 0 Å². The molecule has 2 nitrogen and oxygen atoms in total. The molecule has 1 aromatic carbocycles. The molecular formula is C10H10N2S. The lowest BCUT2D eigenvalue weighted by Crippen LogP contribution is -2.18. The van der Waals surface area contributed by atoms with E-state index in [0.29, 0.717) is 6.04 Å². The van der Waals surface area contributed by atoms with Gasteiger partial charge in [-0.2, -0.15) is 0 Å². The average Bonchev–Trinajstić information content (AvgIpc) is 2.60. The highest BCUT2D eigenvalue weighted by Gasteiger charge is 2.32. The van der Waals surface area contributed by atoms with Gasteiger partial charge < -0.3 is 10.0 Å². The fraction of sp³-hybridized carbons (Fsp3) is 0.200. The molecule has 2 aliphatic heterocycles. The molecule has 1 atom stereocenters. The van der Waals surface area contributed by atoms with E-state index >= 15 is 0 Å². The molecule has 0 amide bonds. The van der Waals surface area contributed by atoms with E-state index in [2.05, 4.69) is 34.6 Å². The molecule has 13 heavy (non-hydrogen) atoms. The lowest BCUT2D eigenvalue weighted by molar-refractivity contribution is 0.885. The summed E-state index contributed by atoms with van der Waals surface area (Å²) >= 11 is 1.65. The van der Waals surface area contributed by atoms with E-state index < -0.39 is 0 Å². The van der Waals surface area contributed by atoms with Crippen molar-refractivity contribution in [2.24, 2.45) is 5.73 Å². The van der Waals surface area contributed by atoms with Crippen LogP contribution in [0.1, 0.15) is 5.56 Å². The molecule has 0 saturated heterocycles. The summed E-state index contributed by atoms with van der Waals surface area (Å²) in [4.78, 5) is 0. The maximum absolute atomic E-state index is 5.76. The first-order chi connectivity index (χ1) is 6.34. The molecular weight excluding hydrogens is 180 g/mol. The molecule has 66 valence electrons. The topological polar surface area (TPSA) is 29.3 Å². The quantitative estimate of drug-likeness (QED) is 0.633. The zero-order chi connectivity index (χ0) is 8.84. The van der Waals surface area contributed by atoms with E-state index in [-0.39, 0.29) is 0 Å². The van der Waals surface area contributed by atoms with Gasteiger partial charge in [0, 0.05) is 11.9 Å². The van der Waals surface area contributed by atoms with Crippen molar-refractivity contribution in [2.45, 2.75) is 12.5 Å².